The summed E-state index contributed by atoms with van der Waals surface area (Å²) in [6.45, 7) is 18.6. The normalized spacial score (nSPS) is 21.8. The molecule has 4 aliphatic rings. The molecule has 15 nitrogen and oxygen atoms in total. The van der Waals surface area contributed by atoms with Gasteiger partial charge in [-0.3, -0.25) is 24.5 Å². The Bertz CT molecular complexity index is 2360. The van der Waals surface area contributed by atoms with Gasteiger partial charge in [-0.15, -0.1) is 0 Å². The minimum Gasteiger partial charge on any atom is -0.508 e. The molecule has 15 heteroatoms. The second-order valence-electron chi connectivity index (χ2n) is 19.4. The number of anilines is 1. The number of carbonyl (C=O) groups excluding carboxylic acids is 3. The molecule has 63 heavy (non-hydrogen) atoms. The van der Waals surface area contributed by atoms with E-state index in [1.54, 1.807) is 40.0 Å². The van der Waals surface area contributed by atoms with Gasteiger partial charge in [0, 0.05) is 80.9 Å². The molecule has 4 aromatic rings. The van der Waals surface area contributed by atoms with Crippen LogP contribution in [-0.2, 0) is 43.2 Å². The maximum atomic E-state index is 14.2. The number of aryl methyl sites for hydroxylation is 1. The van der Waals surface area contributed by atoms with E-state index in [1.807, 2.05) is 25.3 Å². The summed E-state index contributed by atoms with van der Waals surface area (Å²) in [6.07, 6.45) is 5.08. The molecule has 1 aromatic carbocycles. The van der Waals surface area contributed by atoms with Gasteiger partial charge < -0.3 is 34.1 Å². The van der Waals surface area contributed by atoms with Crippen molar-refractivity contribution in [1.82, 2.24) is 35.2 Å². The maximum absolute atomic E-state index is 14.2. The largest absolute Gasteiger partial charge is 0.508 e. The molecular formula is C48H64N8O7. The number of nitrogens with zero attached hydrogens (tertiary/aromatic N) is 6. The molecule has 8 rings (SSSR count). The highest BCUT2D eigenvalue weighted by molar-refractivity contribution is 5.92. The number of nitrogens with one attached hydrogen (secondary N) is 2. The van der Waals surface area contributed by atoms with Crippen molar-refractivity contribution < 1.29 is 33.7 Å². The minimum atomic E-state index is -1.09. The van der Waals surface area contributed by atoms with Gasteiger partial charge in [-0.1, -0.05) is 13.8 Å². The average Bonchev–Trinajstić information content (AvgIpc) is 4.06. The van der Waals surface area contributed by atoms with E-state index in [4.69, 9.17) is 24.2 Å². The van der Waals surface area contributed by atoms with E-state index in [0.29, 0.717) is 49.2 Å². The number of hydrogen-bond acceptors (Lipinski definition) is 12. The van der Waals surface area contributed by atoms with Crippen LogP contribution in [0.15, 0.2) is 42.6 Å². The van der Waals surface area contributed by atoms with Gasteiger partial charge in [0.2, 0.25) is 0 Å². The molecule has 1 saturated carbocycles. The zero-order valence-electron chi connectivity index (χ0n) is 38.1. The van der Waals surface area contributed by atoms with Crippen LogP contribution in [0, 0.1) is 5.41 Å². The third-order valence-corrected chi connectivity index (χ3v) is 12.7. The smallest absolute Gasteiger partial charge is 0.408 e. The molecule has 2 saturated heterocycles. The van der Waals surface area contributed by atoms with Crippen LogP contribution in [0.5, 0.6) is 5.75 Å². The van der Waals surface area contributed by atoms with Crippen molar-refractivity contribution in [3.8, 4) is 28.3 Å². The topological polar surface area (TPSA) is 164 Å². The zero-order valence-corrected chi connectivity index (χ0v) is 38.1. The van der Waals surface area contributed by atoms with Crippen molar-refractivity contribution in [1.29, 1.82) is 0 Å². The predicted octanol–water partition coefficient (Wildman–Crippen LogP) is 6.54. The average molecular weight is 865 g/mol. The number of benzene rings is 1. The molecule has 3 aliphatic heterocycles. The SMILES string of the molecule is CCn1c(-c2cc(N3CCN(C4CC4)CC3)cnc2[C@H](C)OC)c2c3nc(ccc31)-c1cc(O)cc(c1)C[C@H](NC(=O)OC(C)(C)C)C(=O)N1CCC[C@H](N1)C(=O)OCC(C)(C)C2. The zero-order chi connectivity index (χ0) is 44.8. The molecule has 3 fully saturated rings. The molecule has 3 aromatic heterocycles. The maximum Gasteiger partial charge on any atom is 0.408 e. The molecule has 0 unspecified atom stereocenters. The Kier molecular flexibility index (Phi) is 12.5. The summed E-state index contributed by atoms with van der Waals surface area (Å²) in [5, 5.41) is 15.4. The number of aromatic nitrogens is 3. The number of hydrogen-bond donors (Lipinski definition) is 3. The lowest BCUT2D eigenvalue weighted by Crippen LogP contribution is -2.60. The van der Waals surface area contributed by atoms with Crippen LogP contribution in [0.2, 0.25) is 0 Å². The number of phenolic OH excluding ortho intramolecular Hbond substituents is 1. The van der Waals surface area contributed by atoms with Gasteiger partial charge in [0.05, 0.1) is 52.7 Å². The highest BCUT2D eigenvalue weighted by atomic mass is 16.6. The Hall–Kier alpha value is -5.25. The van der Waals surface area contributed by atoms with Gasteiger partial charge in [0.1, 0.15) is 23.4 Å². The highest BCUT2D eigenvalue weighted by Crippen LogP contribution is 2.42. The molecule has 3 atom stereocenters. The first-order valence-corrected chi connectivity index (χ1v) is 22.6. The minimum absolute atomic E-state index is 0.00611. The predicted molar refractivity (Wildman–Crippen MR) is 241 cm³/mol. The number of phenols is 1. The molecule has 6 heterocycles. The number of methoxy groups -OCH3 is 1. The van der Waals surface area contributed by atoms with Gasteiger partial charge in [-0.2, -0.15) is 0 Å². The third-order valence-electron chi connectivity index (χ3n) is 12.7. The highest BCUT2D eigenvalue weighted by Gasteiger charge is 2.37. The number of alkyl carbamates (subject to hydrolysis) is 1. The molecule has 3 N–H and O–H groups in total. The Morgan fingerprint density at radius 3 is 2.52 bits per heavy atom. The number of cyclic esters (lactones) is 1. The van der Waals surface area contributed by atoms with Gasteiger partial charge in [-0.05, 0) is 109 Å². The summed E-state index contributed by atoms with van der Waals surface area (Å²) < 4.78 is 20.0. The van der Waals surface area contributed by atoms with Crippen LogP contribution in [0.4, 0.5) is 10.5 Å². The quantitative estimate of drug-likeness (QED) is 0.172. The van der Waals surface area contributed by atoms with Crippen LogP contribution >= 0.6 is 0 Å². The van der Waals surface area contributed by atoms with E-state index in [1.165, 1.54) is 17.9 Å². The van der Waals surface area contributed by atoms with Gasteiger partial charge in [0.25, 0.3) is 5.91 Å². The lowest BCUT2D eigenvalue weighted by atomic mass is 9.85. The number of aromatic hydroxyl groups is 1. The Morgan fingerprint density at radius 1 is 1.06 bits per heavy atom. The number of amides is 2. The Labute approximate surface area is 370 Å². The van der Waals surface area contributed by atoms with Crippen LogP contribution in [0.1, 0.15) is 97.1 Å². The number of piperazine rings is 1. The third kappa shape index (κ3) is 9.80. The van der Waals surface area contributed by atoms with E-state index < -0.39 is 41.1 Å². The number of ether oxygens (including phenoxy) is 3. The Morgan fingerprint density at radius 2 is 1.83 bits per heavy atom. The first-order chi connectivity index (χ1) is 30.0. The van der Waals surface area contributed by atoms with Crippen molar-refractivity contribution in [2.45, 2.75) is 123 Å². The molecule has 1 aliphatic carbocycles. The second kappa shape index (κ2) is 17.7. The molecule has 0 radical (unpaired) electrons. The fourth-order valence-electron chi connectivity index (χ4n) is 9.32. The molecule has 338 valence electrons. The van der Waals surface area contributed by atoms with Crippen molar-refractivity contribution in [2.24, 2.45) is 5.41 Å². The van der Waals surface area contributed by atoms with Gasteiger partial charge >= 0.3 is 12.1 Å². The number of esters is 1. The lowest BCUT2D eigenvalue weighted by Gasteiger charge is -2.36. The number of rotatable bonds is 7. The first-order valence-electron chi connectivity index (χ1n) is 22.6. The summed E-state index contributed by atoms with van der Waals surface area (Å²) >= 11 is 0. The number of hydrazine groups is 1. The van der Waals surface area contributed by atoms with E-state index in [-0.39, 0.29) is 24.9 Å². The monoisotopic (exact) mass is 864 g/mol. The van der Waals surface area contributed by atoms with Crippen LogP contribution in [0.25, 0.3) is 33.5 Å². The summed E-state index contributed by atoms with van der Waals surface area (Å²) in [6, 6.07) is 10.3. The molecular weight excluding hydrogens is 801 g/mol. The van der Waals surface area contributed by atoms with Crippen LogP contribution in [0.3, 0.4) is 0 Å². The molecule has 2 amide bonds. The fraction of sp³-hybridized carbons (Fsp3) is 0.562. The van der Waals surface area contributed by atoms with Crippen LogP contribution in [-0.4, -0.2) is 118 Å². The summed E-state index contributed by atoms with van der Waals surface area (Å²) in [7, 11) is 1.71. The summed E-state index contributed by atoms with van der Waals surface area (Å²) in [5.41, 5.74) is 10.2. The molecule has 6 bridgehead atoms. The summed E-state index contributed by atoms with van der Waals surface area (Å²) in [5.74, 6) is -0.903. The van der Waals surface area contributed by atoms with E-state index in [0.717, 1.165) is 71.5 Å². The standard InChI is InChI=1S/C48H64N8O7/c1-9-55-40-15-14-37-31-21-30(22-34(57)24-31)23-39(51-46(60)63-47(3,4)5)44(58)56-16-10-11-38(52-56)45(59)62-28-48(6,7)26-36(42(40)50-37)43(55)35-25-33(27-49-41(35)29(2)61-8)54-19-17-53(18-20-54)32-12-13-32/h14-15,21-22,24-25,27,29,32,38-39,52,57H,9-13,16-20,23,26,28H2,1-8H3,(H,51,60)/t29-,38-,39-/m0/s1. The molecule has 0 spiro atoms. The van der Waals surface area contributed by atoms with Crippen molar-refractivity contribution >= 4 is 34.7 Å². The lowest BCUT2D eigenvalue weighted by molar-refractivity contribution is -0.155. The van der Waals surface area contributed by atoms with E-state index >= 15 is 0 Å². The number of pyridine rings is 2. The Balaban J connectivity index is 1.27. The fourth-order valence-corrected chi connectivity index (χ4v) is 9.32. The summed E-state index contributed by atoms with van der Waals surface area (Å²) in [4.78, 5) is 56.9. The van der Waals surface area contributed by atoms with E-state index in [2.05, 4.69) is 58.0 Å². The number of fused-ring (bicyclic) bond motifs is 6. The van der Waals surface area contributed by atoms with Gasteiger partial charge in [0.15, 0.2) is 0 Å². The van der Waals surface area contributed by atoms with Crippen molar-refractivity contribution in [2.75, 3.05) is 51.3 Å². The van der Waals surface area contributed by atoms with E-state index in [9.17, 15) is 19.5 Å². The first kappa shape index (κ1) is 44.4. The van der Waals surface area contributed by atoms with Crippen molar-refractivity contribution in [3.63, 3.8) is 0 Å². The van der Waals surface area contributed by atoms with Gasteiger partial charge in [-0.25, -0.2) is 15.2 Å². The second-order valence-corrected chi connectivity index (χ2v) is 19.4. The van der Waals surface area contributed by atoms with Crippen molar-refractivity contribution in [3.05, 3.63) is 59.4 Å². The number of carbonyl (C=O) groups is 3. The van der Waals surface area contributed by atoms with Crippen LogP contribution < -0.4 is 15.6 Å².